The molecule has 14 heavy (non-hydrogen) atoms. The van der Waals surface area contributed by atoms with E-state index in [1.165, 1.54) is 19.3 Å². The molecule has 1 aliphatic rings. The smallest absolute Gasteiger partial charge is 0.316 e. The number of halogens is 3. The van der Waals surface area contributed by atoms with Crippen molar-refractivity contribution in [1.82, 2.24) is 5.32 Å². The third-order valence-electron chi connectivity index (χ3n) is 2.21. The molecule has 0 aromatic carbocycles. The van der Waals surface area contributed by atoms with Gasteiger partial charge in [-0.3, -0.25) is 0 Å². The first-order valence-corrected chi connectivity index (χ1v) is 5.98. The van der Waals surface area contributed by atoms with Gasteiger partial charge in [0, 0.05) is 12.3 Å². The van der Waals surface area contributed by atoms with Crippen LogP contribution in [0.1, 0.15) is 25.7 Å². The minimum absolute atomic E-state index is 0.0478. The average Bonchev–Trinajstić information content (AvgIpc) is 2.84. The maximum Gasteiger partial charge on any atom is 0.441 e. The summed E-state index contributed by atoms with van der Waals surface area (Å²) in [6, 6.07) is 0. The van der Waals surface area contributed by atoms with E-state index in [4.69, 9.17) is 0 Å². The van der Waals surface area contributed by atoms with Crippen LogP contribution in [-0.4, -0.2) is 24.4 Å². The Bertz CT molecular complexity index is 157. The molecule has 0 spiro atoms. The van der Waals surface area contributed by atoms with Crippen molar-refractivity contribution in [1.29, 1.82) is 0 Å². The number of nitrogens with one attached hydrogen (secondary N) is 1. The van der Waals surface area contributed by atoms with Crippen molar-refractivity contribution in [2.75, 3.05) is 18.8 Å². The largest absolute Gasteiger partial charge is 0.441 e. The summed E-state index contributed by atoms with van der Waals surface area (Å²) in [6.07, 6.45) is 5.04. The lowest BCUT2D eigenvalue weighted by atomic mass is 10.2. The molecule has 1 rings (SSSR count). The van der Waals surface area contributed by atoms with Crippen molar-refractivity contribution in [2.24, 2.45) is 5.92 Å². The molecule has 0 amide bonds. The van der Waals surface area contributed by atoms with Gasteiger partial charge in [0.1, 0.15) is 0 Å². The van der Waals surface area contributed by atoms with Crippen molar-refractivity contribution in [3.8, 4) is 0 Å². The van der Waals surface area contributed by atoms with Crippen LogP contribution in [0.3, 0.4) is 0 Å². The zero-order chi connectivity index (χ0) is 10.4. The first-order valence-electron chi connectivity index (χ1n) is 4.99. The van der Waals surface area contributed by atoms with Gasteiger partial charge in [0.25, 0.3) is 0 Å². The maximum atomic E-state index is 11.7. The quantitative estimate of drug-likeness (QED) is 0.671. The number of hydrogen-bond acceptors (Lipinski definition) is 2. The minimum atomic E-state index is -4.07. The lowest BCUT2D eigenvalue weighted by Crippen LogP contribution is -2.20. The first-order chi connectivity index (χ1) is 6.58. The Labute approximate surface area is 86.8 Å². The molecule has 0 atom stereocenters. The SMILES string of the molecule is FC(F)(F)SCCNCCCC1CC1. The molecule has 1 nitrogen and oxygen atoms in total. The van der Waals surface area contributed by atoms with Crippen molar-refractivity contribution in [3.63, 3.8) is 0 Å². The van der Waals surface area contributed by atoms with Gasteiger partial charge in [-0.05, 0) is 37.1 Å². The Balaban J connectivity index is 1.75. The minimum Gasteiger partial charge on any atom is -0.316 e. The highest BCUT2D eigenvalue weighted by atomic mass is 32.2. The standard InChI is InChI=1S/C9H16F3NS/c10-9(11,12)14-7-6-13-5-1-2-8-3-4-8/h8,13H,1-7H2. The van der Waals surface area contributed by atoms with E-state index in [-0.39, 0.29) is 17.5 Å². The second kappa shape index (κ2) is 5.85. The van der Waals surface area contributed by atoms with Crippen LogP contribution in [0.5, 0.6) is 0 Å². The summed E-state index contributed by atoms with van der Waals surface area (Å²) in [5.41, 5.74) is -4.07. The first kappa shape index (κ1) is 12.2. The van der Waals surface area contributed by atoms with E-state index in [1.54, 1.807) is 0 Å². The third kappa shape index (κ3) is 7.50. The van der Waals surface area contributed by atoms with Crippen LogP contribution in [0.25, 0.3) is 0 Å². The summed E-state index contributed by atoms with van der Waals surface area (Å²) in [5.74, 6) is 1.04. The highest BCUT2D eigenvalue weighted by Gasteiger charge is 2.27. The molecule has 1 N–H and O–H groups in total. The van der Waals surface area contributed by atoms with Crippen LogP contribution < -0.4 is 5.32 Å². The average molecular weight is 227 g/mol. The molecular weight excluding hydrogens is 211 g/mol. The molecule has 84 valence electrons. The topological polar surface area (TPSA) is 12.0 Å². The van der Waals surface area contributed by atoms with Crippen LogP contribution in [0.15, 0.2) is 0 Å². The van der Waals surface area contributed by atoms with Gasteiger partial charge in [0.05, 0.1) is 0 Å². The summed E-state index contributed by atoms with van der Waals surface area (Å²) in [6.45, 7) is 1.31. The molecule has 0 aromatic heterocycles. The van der Waals surface area contributed by atoms with Crippen LogP contribution in [0.4, 0.5) is 13.2 Å². The molecule has 0 aromatic rings. The Morgan fingerprint density at radius 2 is 1.93 bits per heavy atom. The van der Waals surface area contributed by atoms with Gasteiger partial charge in [0.15, 0.2) is 0 Å². The van der Waals surface area contributed by atoms with Gasteiger partial charge >= 0.3 is 5.51 Å². The summed E-state index contributed by atoms with van der Waals surface area (Å²) in [5, 5.41) is 3.02. The van der Waals surface area contributed by atoms with E-state index >= 15 is 0 Å². The lowest BCUT2D eigenvalue weighted by Gasteiger charge is -2.06. The van der Waals surface area contributed by atoms with Gasteiger partial charge in [-0.2, -0.15) is 13.2 Å². The Morgan fingerprint density at radius 3 is 2.50 bits per heavy atom. The predicted octanol–water partition coefficient (Wildman–Crippen LogP) is 3.02. The highest BCUT2D eigenvalue weighted by Crippen LogP contribution is 2.33. The van der Waals surface area contributed by atoms with Crippen LogP contribution in [0.2, 0.25) is 0 Å². The Morgan fingerprint density at radius 1 is 1.21 bits per heavy atom. The van der Waals surface area contributed by atoms with E-state index < -0.39 is 5.51 Å². The van der Waals surface area contributed by atoms with Gasteiger partial charge < -0.3 is 5.32 Å². The molecule has 0 aliphatic heterocycles. The van der Waals surface area contributed by atoms with E-state index in [9.17, 15) is 13.2 Å². The normalized spacial score (nSPS) is 17.4. The van der Waals surface area contributed by atoms with Crippen molar-refractivity contribution in [2.45, 2.75) is 31.2 Å². The van der Waals surface area contributed by atoms with Gasteiger partial charge in [-0.1, -0.05) is 12.8 Å². The summed E-state index contributed by atoms with van der Waals surface area (Å²) in [7, 11) is 0. The van der Waals surface area contributed by atoms with E-state index in [2.05, 4.69) is 5.32 Å². The molecule has 0 saturated heterocycles. The van der Waals surface area contributed by atoms with Gasteiger partial charge in [-0.25, -0.2) is 0 Å². The molecular formula is C9H16F3NS. The summed E-state index contributed by atoms with van der Waals surface area (Å²) in [4.78, 5) is 0. The molecule has 1 saturated carbocycles. The van der Waals surface area contributed by atoms with Crippen molar-refractivity contribution < 1.29 is 13.2 Å². The lowest BCUT2D eigenvalue weighted by molar-refractivity contribution is -0.0327. The second-order valence-corrected chi connectivity index (χ2v) is 4.79. The molecule has 0 bridgehead atoms. The number of thioether (sulfide) groups is 1. The zero-order valence-electron chi connectivity index (χ0n) is 8.07. The maximum absolute atomic E-state index is 11.7. The Hall–Kier alpha value is 0.1000. The molecule has 5 heteroatoms. The monoisotopic (exact) mass is 227 g/mol. The van der Waals surface area contributed by atoms with Crippen LogP contribution >= 0.6 is 11.8 Å². The molecule has 1 fully saturated rings. The molecule has 0 heterocycles. The third-order valence-corrected chi connectivity index (χ3v) is 2.94. The fourth-order valence-electron chi connectivity index (χ4n) is 1.29. The number of alkyl halides is 3. The second-order valence-electron chi connectivity index (χ2n) is 3.63. The van der Waals surface area contributed by atoms with E-state index in [0.29, 0.717) is 6.54 Å². The fourth-order valence-corrected chi connectivity index (χ4v) is 1.76. The summed E-state index contributed by atoms with van der Waals surface area (Å²) >= 11 is 0.0478. The number of rotatable bonds is 7. The van der Waals surface area contributed by atoms with Gasteiger partial charge in [0.2, 0.25) is 0 Å². The number of hydrogen-bond donors (Lipinski definition) is 1. The van der Waals surface area contributed by atoms with Crippen LogP contribution in [-0.2, 0) is 0 Å². The molecule has 0 radical (unpaired) electrons. The molecule has 1 aliphatic carbocycles. The summed E-state index contributed by atoms with van der Waals surface area (Å²) < 4.78 is 35.0. The highest BCUT2D eigenvalue weighted by molar-refractivity contribution is 8.00. The van der Waals surface area contributed by atoms with E-state index in [0.717, 1.165) is 18.9 Å². The predicted molar refractivity (Wildman–Crippen MR) is 53.3 cm³/mol. The fraction of sp³-hybridized carbons (Fsp3) is 1.00. The Kier molecular flexibility index (Phi) is 5.09. The van der Waals surface area contributed by atoms with Gasteiger partial charge in [-0.15, -0.1) is 0 Å². The van der Waals surface area contributed by atoms with Crippen LogP contribution in [0, 0.1) is 5.92 Å². The van der Waals surface area contributed by atoms with Crippen molar-refractivity contribution in [3.05, 3.63) is 0 Å². The zero-order valence-corrected chi connectivity index (χ0v) is 8.89. The van der Waals surface area contributed by atoms with Crippen molar-refractivity contribution >= 4 is 11.8 Å². The van der Waals surface area contributed by atoms with E-state index in [1.807, 2.05) is 0 Å². The molecule has 0 unspecified atom stereocenters.